The van der Waals surface area contributed by atoms with E-state index in [0.717, 1.165) is 16.8 Å². The molecule has 9 heteroatoms. The van der Waals surface area contributed by atoms with Crippen molar-refractivity contribution in [2.75, 3.05) is 17.7 Å². The molecule has 0 atom stereocenters. The van der Waals surface area contributed by atoms with Crippen LogP contribution in [0.5, 0.6) is 0 Å². The number of nitrogens with one attached hydrogen (secondary N) is 2. The summed E-state index contributed by atoms with van der Waals surface area (Å²) in [5.41, 5.74) is 4.19. The van der Waals surface area contributed by atoms with Crippen LogP contribution in [0.4, 0.5) is 5.69 Å². The van der Waals surface area contributed by atoms with Crippen LogP contribution >= 0.6 is 11.8 Å². The summed E-state index contributed by atoms with van der Waals surface area (Å²) in [5.74, 6) is -0.591. The van der Waals surface area contributed by atoms with Crippen molar-refractivity contribution in [2.45, 2.75) is 39.8 Å². The first-order chi connectivity index (χ1) is 14.2. The van der Waals surface area contributed by atoms with Crippen molar-refractivity contribution in [2.24, 2.45) is 0 Å². The van der Waals surface area contributed by atoms with Crippen molar-refractivity contribution in [3.8, 4) is 0 Å². The number of carbonyl (C=O) groups is 2. The highest BCUT2D eigenvalue weighted by molar-refractivity contribution is 7.99. The number of fused-ring (bicyclic) bond motifs is 1. The van der Waals surface area contributed by atoms with E-state index in [-0.39, 0.29) is 18.3 Å². The molecule has 3 rings (SSSR count). The molecule has 30 heavy (non-hydrogen) atoms. The van der Waals surface area contributed by atoms with Gasteiger partial charge in [0.1, 0.15) is 5.52 Å². The highest BCUT2D eigenvalue weighted by atomic mass is 32.2. The van der Waals surface area contributed by atoms with Crippen LogP contribution in [0.25, 0.3) is 5.52 Å². The Hall–Kier alpha value is -3.07. The van der Waals surface area contributed by atoms with E-state index in [2.05, 4.69) is 15.5 Å². The Labute approximate surface area is 178 Å². The molecule has 0 saturated carbocycles. The number of carbonyl (C=O) groups excluding carboxylic acids is 2. The molecule has 0 fully saturated rings. The number of amides is 1. The van der Waals surface area contributed by atoms with Gasteiger partial charge in [-0.3, -0.25) is 14.0 Å². The number of benzene rings is 1. The second-order valence-corrected chi connectivity index (χ2v) is 7.92. The van der Waals surface area contributed by atoms with Crippen molar-refractivity contribution in [3.05, 3.63) is 56.5 Å². The first kappa shape index (κ1) is 21.6. The van der Waals surface area contributed by atoms with E-state index in [4.69, 9.17) is 4.74 Å². The molecule has 158 valence electrons. The van der Waals surface area contributed by atoms with E-state index in [9.17, 15) is 14.4 Å². The van der Waals surface area contributed by atoms with Crippen LogP contribution in [0.3, 0.4) is 0 Å². The van der Waals surface area contributed by atoms with Gasteiger partial charge in [0.15, 0.2) is 5.16 Å². The molecule has 0 saturated heterocycles. The summed E-state index contributed by atoms with van der Waals surface area (Å²) in [7, 11) is 0. The standard InChI is InChI=1S/C21H24N4O4S/c1-6-29-20(28)17-13(4)18-19(27)23-24-21(25(18)14(17)5)30-10-16(26)22-15-8-7-11(2)9-12(15)3/h7-9H,6,10H2,1-5H3,(H,22,26)(H,23,27). The number of hydrogen-bond donors (Lipinski definition) is 2. The lowest BCUT2D eigenvalue weighted by atomic mass is 10.1. The highest BCUT2D eigenvalue weighted by Gasteiger charge is 2.24. The second kappa shape index (κ2) is 8.74. The van der Waals surface area contributed by atoms with Gasteiger partial charge in [-0.05, 0) is 51.8 Å². The Kier molecular flexibility index (Phi) is 6.31. The summed E-state index contributed by atoms with van der Waals surface area (Å²) < 4.78 is 6.73. The minimum atomic E-state index is -0.487. The molecule has 0 spiro atoms. The molecule has 8 nitrogen and oxygen atoms in total. The number of aryl methyl sites for hydroxylation is 4. The summed E-state index contributed by atoms with van der Waals surface area (Å²) in [6.07, 6.45) is 0. The monoisotopic (exact) mass is 428 g/mol. The van der Waals surface area contributed by atoms with Crippen molar-refractivity contribution >= 4 is 34.8 Å². The highest BCUT2D eigenvalue weighted by Crippen LogP contribution is 2.26. The molecule has 1 aromatic carbocycles. The van der Waals surface area contributed by atoms with Gasteiger partial charge in [0.2, 0.25) is 5.91 Å². The molecule has 3 aromatic rings. The molecule has 0 unspecified atom stereocenters. The number of aromatic nitrogens is 3. The van der Waals surface area contributed by atoms with Crippen LogP contribution in [0.1, 0.15) is 39.7 Å². The third-order valence-electron chi connectivity index (χ3n) is 4.78. The summed E-state index contributed by atoms with van der Waals surface area (Å²) in [6, 6.07) is 5.80. The minimum absolute atomic E-state index is 0.0901. The Morgan fingerprint density at radius 2 is 1.97 bits per heavy atom. The van der Waals surface area contributed by atoms with Gasteiger partial charge in [-0.2, -0.15) is 0 Å². The van der Waals surface area contributed by atoms with Gasteiger partial charge >= 0.3 is 5.97 Å². The molecule has 0 bridgehead atoms. The first-order valence-corrected chi connectivity index (χ1v) is 10.5. The lowest BCUT2D eigenvalue weighted by Crippen LogP contribution is -2.18. The molecule has 2 aromatic heterocycles. The third kappa shape index (κ3) is 4.11. The zero-order valence-electron chi connectivity index (χ0n) is 17.6. The number of hydrogen-bond acceptors (Lipinski definition) is 6. The summed E-state index contributed by atoms with van der Waals surface area (Å²) >= 11 is 1.17. The van der Waals surface area contributed by atoms with Crippen LogP contribution in [0.15, 0.2) is 28.2 Å². The van der Waals surface area contributed by atoms with Gasteiger partial charge in [0, 0.05) is 11.4 Å². The molecule has 2 N–H and O–H groups in total. The fourth-order valence-corrected chi connectivity index (χ4v) is 4.22. The largest absolute Gasteiger partial charge is 0.462 e. The number of nitrogens with zero attached hydrogens (tertiary/aromatic N) is 2. The van der Waals surface area contributed by atoms with E-state index < -0.39 is 11.5 Å². The number of H-pyrrole nitrogens is 1. The van der Waals surface area contributed by atoms with Gasteiger partial charge in [-0.25, -0.2) is 9.89 Å². The van der Waals surface area contributed by atoms with Crippen LogP contribution in [0, 0.1) is 27.7 Å². The summed E-state index contributed by atoms with van der Waals surface area (Å²) in [5, 5.41) is 9.85. The molecular formula is C21H24N4O4S. The lowest BCUT2D eigenvalue weighted by Gasteiger charge is -2.10. The van der Waals surface area contributed by atoms with E-state index in [1.807, 2.05) is 32.0 Å². The Bertz CT molecular complexity index is 1200. The van der Waals surface area contributed by atoms with Gasteiger partial charge in [0.05, 0.1) is 17.9 Å². The van der Waals surface area contributed by atoms with Crippen molar-refractivity contribution in [1.82, 2.24) is 14.6 Å². The van der Waals surface area contributed by atoms with Crippen LogP contribution in [-0.2, 0) is 9.53 Å². The fourth-order valence-electron chi connectivity index (χ4n) is 3.42. The Morgan fingerprint density at radius 3 is 2.63 bits per heavy atom. The molecule has 0 radical (unpaired) electrons. The van der Waals surface area contributed by atoms with E-state index in [1.54, 1.807) is 25.2 Å². The van der Waals surface area contributed by atoms with E-state index in [1.165, 1.54) is 11.8 Å². The molecule has 0 aliphatic rings. The number of aromatic amines is 1. The van der Waals surface area contributed by atoms with Crippen molar-refractivity contribution in [3.63, 3.8) is 0 Å². The smallest absolute Gasteiger partial charge is 0.340 e. The molecule has 2 heterocycles. The Morgan fingerprint density at radius 1 is 1.23 bits per heavy atom. The number of ether oxygens (including phenoxy) is 1. The van der Waals surface area contributed by atoms with Crippen molar-refractivity contribution < 1.29 is 14.3 Å². The van der Waals surface area contributed by atoms with Crippen LogP contribution in [0.2, 0.25) is 0 Å². The molecule has 0 aliphatic heterocycles. The average molecular weight is 429 g/mol. The van der Waals surface area contributed by atoms with Gasteiger partial charge in [-0.1, -0.05) is 29.5 Å². The quantitative estimate of drug-likeness (QED) is 0.461. The molecular weight excluding hydrogens is 404 g/mol. The number of thioether (sulfide) groups is 1. The molecule has 1 amide bonds. The SMILES string of the molecule is CCOC(=O)c1c(C)c2c(=O)[nH]nc(SCC(=O)Nc3ccc(C)cc3C)n2c1C. The maximum absolute atomic E-state index is 12.5. The maximum atomic E-state index is 12.5. The van der Waals surface area contributed by atoms with Crippen LogP contribution < -0.4 is 10.9 Å². The van der Waals surface area contributed by atoms with Gasteiger partial charge < -0.3 is 10.1 Å². The maximum Gasteiger partial charge on any atom is 0.340 e. The number of rotatable bonds is 6. The number of esters is 1. The zero-order chi connectivity index (χ0) is 22.0. The zero-order valence-corrected chi connectivity index (χ0v) is 18.4. The van der Waals surface area contributed by atoms with Crippen LogP contribution in [-0.4, -0.2) is 38.8 Å². The molecule has 0 aliphatic carbocycles. The predicted molar refractivity (Wildman–Crippen MR) is 117 cm³/mol. The van der Waals surface area contributed by atoms with E-state index in [0.29, 0.717) is 27.5 Å². The van der Waals surface area contributed by atoms with E-state index >= 15 is 0 Å². The predicted octanol–water partition coefficient (Wildman–Crippen LogP) is 3.16. The van der Waals surface area contributed by atoms with Crippen molar-refractivity contribution in [1.29, 1.82) is 0 Å². The average Bonchev–Trinajstić information content (AvgIpc) is 2.95. The normalized spacial score (nSPS) is 11.0. The minimum Gasteiger partial charge on any atom is -0.462 e. The first-order valence-electron chi connectivity index (χ1n) is 9.51. The number of anilines is 1. The topological polar surface area (TPSA) is 106 Å². The summed E-state index contributed by atoms with van der Waals surface area (Å²) in [6.45, 7) is 9.32. The third-order valence-corrected chi connectivity index (χ3v) is 5.72. The van der Waals surface area contributed by atoms with Gasteiger partial charge in [-0.15, -0.1) is 5.10 Å². The summed E-state index contributed by atoms with van der Waals surface area (Å²) in [4.78, 5) is 37.2. The lowest BCUT2D eigenvalue weighted by molar-refractivity contribution is -0.113. The fraction of sp³-hybridized carbons (Fsp3) is 0.333. The second-order valence-electron chi connectivity index (χ2n) is 6.98. The Balaban J connectivity index is 1.88. The van der Waals surface area contributed by atoms with Gasteiger partial charge in [0.25, 0.3) is 5.56 Å².